The summed E-state index contributed by atoms with van der Waals surface area (Å²) in [5, 5.41) is 4.09. The van der Waals surface area contributed by atoms with Gasteiger partial charge in [0.15, 0.2) is 0 Å². The molecule has 1 amide bonds. The number of hydrogen-bond acceptors (Lipinski definition) is 3. The number of benzene rings is 2. The lowest BCUT2D eigenvalue weighted by atomic mass is 10.1. The lowest BCUT2D eigenvalue weighted by molar-refractivity contribution is 0.0690. The lowest BCUT2D eigenvalue weighted by Crippen LogP contribution is -2.36. The first-order chi connectivity index (χ1) is 11.6. The molecule has 0 radical (unpaired) electrons. The van der Waals surface area contributed by atoms with E-state index < -0.39 is 0 Å². The third-order valence-electron chi connectivity index (χ3n) is 3.88. The quantitative estimate of drug-likeness (QED) is 0.724. The van der Waals surface area contributed by atoms with Crippen LogP contribution in [0.3, 0.4) is 0 Å². The van der Waals surface area contributed by atoms with Crippen molar-refractivity contribution >= 4 is 5.91 Å². The van der Waals surface area contributed by atoms with Gasteiger partial charge in [-0.1, -0.05) is 30.3 Å². The molecular formula is C19H20N4O. The van der Waals surface area contributed by atoms with Crippen molar-refractivity contribution in [1.82, 2.24) is 19.7 Å². The Hall–Kier alpha value is -2.95. The predicted molar refractivity (Wildman–Crippen MR) is 92.8 cm³/mol. The maximum absolute atomic E-state index is 12.9. The molecule has 0 N–H and O–H groups in total. The molecular weight excluding hydrogens is 300 g/mol. The van der Waals surface area contributed by atoms with Gasteiger partial charge in [0, 0.05) is 18.2 Å². The molecule has 0 bridgehead atoms. The molecule has 3 rings (SSSR count). The van der Waals surface area contributed by atoms with E-state index in [0.717, 1.165) is 11.3 Å². The van der Waals surface area contributed by atoms with Gasteiger partial charge in [0.25, 0.3) is 5.91 Å². The summed E-state index contributed by atoms with van der Waals surface area (Å²) in [4.78, 5) is 18.7. The summed E-state index contributed by atoms with van der Waals surface area (Å²) in [6.07, 6.45) is 3.12. The van der Waals surface area contributed by atoms with Gasteiger partial charge in [-0.25, -0.2) is 9.67 Å². The Kier molecular flexibility index (Phi) is 4.70. The summed E-state index contributed by atoms with van der Waals surface area (Å²) in [7, 11) is 0. The average Bonchev–Trinajstić information content (AvgIpc) is 3.14. The third kappa shape index (κ3) is 3.51. The molecule has 2 aromatic carbocycles. The van der Waals surface area contributed by atoms with E-state index in [1.54, 1.807) is 11.0 Å². The van der Waals surface area contributed by atoms with Gasteiger partial charge in [0.2, 0.25) is 0 Å². The number of amides is 1. The smallest absolute Gasteiger partial charge is 0.254 e. The van der Waals surface area contributed by atoms with Crippen LogP contribution < -0.4 is 0 Å². The zero-order valence-corrected chi connectivity index (χ0v) is 13.8. The minimum absolute atomic E-state index is 0.0268. The van der Waals surface area contributed by atoms with Crippen LogP contribution in [0.15, 0.2) is 67.3 Å². The second-order valence-electron chi connectivity index (χ2n) is 5.90. The van der Waals surface area contributed by atoms with Gasteiger partial charge in [-0.05, 0) is 43.7 Å². The monoisotopic (exact) mass is 320 g/mol. The van der Waals surface area contributed by atoms with Crippen LogP contribution in [0.25, 0.3) is 5.69 Å². The summed E-state index contributed by atoms with van der Waals surface area (Å²) in [6, 6.07) is 17.6. The molecule has 3 aromatic rings. The first-order valence-corrected chi connectivity index (χ1v) is 7.95. The van der Waals surface area contributed by atoms with E-state index in [4.69, 9.17) is 0 Å². The molecule has 122 valence electrons. The number of carbonyl (C=O) groups is 1. The summed E-state index contributed by atoms with van der Waals surface area (Å²) in [6.45, 7) is 4.66. The van der Waals surface area contributed by atoms with Gasteiger partial charge < -0.3 is 4.90 Å². The Morgan fingerprint density at radius 1 is 1.08 bits per heavy atom. The second kappa shape index (κ2) is 7.08. The molecule has 0 saturated heterocycles. The van der Waals surface area contributed by atoms with Crippen molar-refractivity contribution in [2.45, 2.75) is 26.4 Å². The molecule has 0 atom stereocenters. The van der Waals surface area contributed by atoms with Crippen molar-refractivity contribution in [3.05, 3.63) is 78.4 Å². The number of aromatic nitrogens is 3. The van der Waals surface area contributed by atoms with Gasteiger partial charge >= 0.3 is 0 Å². The SMILES string of the molecule is CC(C)N(Cc1ccccc1)C(=O)c1ccc(-n2cncn2)cc1. The average molecular weight is 320 g/mol. The van der Waals surface area contributed by atoms with Crippen molar-refractivity contribution in [3.63, 3.8) is 0 Å². The number of nitrogens with zero attached hydrogens (tertiary/aromatic N) is 4. The number of carbonyl (C=O) groups excluding carboxylic acids is 1. The predicted octanol–water partition coefficient (Wildman–Crippen LogP) is 3.32. The molecule has 24 heavy (non-hydrogen) atoms. The van der Waals surface area contributed by atoms with E-state index >= 15 is 0 Å². The van der Waals surface area contributed by atoms with Gasteiger partial charge in [0.05, 0.1) is 5.69 Å². The van der Waals surface area contributed by atoms with Crippen molar-refractivity contribution < 1.29 is 4.79 Å². The molecule has 0 unspecified atom stereocenters. The minimum atomic E-state index is 0.0268. The van der Waals surface area contributed by atoms with Crippen molar-refractivity contribution in [3.8, 4) is 5.69 Å². The van der Waals surface area contributed by atoms with Crippen LogP contribution in [0.5, 0.6) is 0 Å². The largest absolute Gasteiger partial charge is 0.332 e. The van der Waals surface area contributed by atoms with Crippen LogP contribution >= 0.6 is 0 Å². The summed E-state index contributed by atoms with van der Waals surface area (Å²) < 4.78 is 1.67. The van der Waals surface area contributed by atoms with E-state index in [0.29, 0.717) is 12.1 Å². The van der Waals surface area contributed by atoms with Crippen molar-refractivity contribution in [2.24, 2.45) is 0 Å². The molecule has 0 aliphatic carbocycles. The summed E-state index contributed by atoms with van der Waals surface area (Å²) >= 11 is 0. The van der Waals surface area contributed by atoms with Gasteiger partial charge in [-0.3, -0.25) is 4.79 Å². The van der Waals surface area contributed by atoms with E-state index in [1.165, 1.54) is 6.33 Å². The molecule has 0 aliphatic heterocycles. The van der Waals surface area contributed by atoms with E-state index in [9.17, 15) is 4.79 Å². The van der Waals surface area contributed by atoms with Crippen LogP contribution in [0.4, 0.5) is 0 Å². The topological polar surface area (TPSA) is 51.0 Å². The van der Waals surface area contributed by atoms with Crippen molar-refractivity contribution in [2.75, 3.05) is 0 Å². The number of hydrogen-bond donors (Lipinski definition) is 0. The highest BCUT2D eigenvalue weighted by molar-refractivity contribution is 5.94. The van der Waals surface area contributed by atoms with Crippen LogP contribution in [0.2, 0.25) is 0 Å². The number of rotatable bonds is 5. The fourth-order valence-corrected chi connectivity index (χ4v) is 2.53. The molecule has 0 fully saturated rings. The van der Waals surface area contributed by atoms with Gasteiger partial charge in [-0.2, -0.15) is 5.10 Å². The van der Waals surface area contributed by atoms with Gasteiger partial charge in [0.1, 0.15) is 12.7 Å². The molecule has 5 heteroatoms. The Labute approximate surface area is 141 Å². The fraction of sp³-hybridized carbons (Fsp3) is 0.211. The fourth-order valence-electron chi connectivity index (χ4n) is 2.53. The highest BCUT2D eigenvalue weighted by Gasteiger charge is 2.19. The van der Waals surface area contributed by atoms with E-state index in [2.05, 4.69) is 10.1 Å². The maximum Gasteiger partial charge on any atom is 0.254 e. The highest BCUT2D eigenvalue weighted by atomic mass is 16.2. The molecule has 5 nitrogen and oxygen atoms in total. The lowest BCUT2D eigenvalue weighted by Gasteiger charge is -2.27. The Morgan fingerprint density at radius 3 is 2.38 bits per heavy atom. The Bertz CT molecular complexity index is 780. The Balaban J connectivity index is 1.80. The van der Waals surface area contributed by atoms with Gasteiger partial charge in [-0.15, -0.1) is 0 Å². The molecule has 1 aromatic heterocycles. The zero-order chi connectivity index (χ0) is 16.9. The van der Waals surface area contributed by atoms with Crippen LogP contribution in [-0.4, -0.2) is 31.6 Å². The van der Waals surface area contributed by atoms with Crippen LogP contribution in [0.1, 0.15) is 29.8 Å². The van der Waals surface area contributed by atoms with E-state index in [1.807, 2.05) is 73.3 Å². The summed E-state index contributed by atoms with van der Waals surface area (Å²) in [5.41, 5.74) is 2.67. The Morgan fingerprint density at radius 2 is 1.79 bits per heavy atom. The van der Waals surface area contributed by atoms with Crippen LogP contribution in [0, 0.1) is 0 Å². The van der Waals surface area contributed by atoms with Crippen molar-refractivity contribution in [1.29, 1.82) is 0 Å². The standard InChI is InChI=1S/C19H20N4O/c1-15(2)22(12-16-6-4-3-5-7-16)19(24)17-8-10-18(11-9-17)23-14-20-13-21-23/h3-11,13-15H,12H2,1-2H3. The highest BCUT2D eigenvalue weighted by Crippen LogP contribution is 2.15. The molecule has 0 saturated carbocycles. The first-order valence-electron chi connectivity index (χ1n) is 7.95. The normalized spacial score (nSPS) is 10.8. The second-order valence-corrected chi connectivity index (χ2v) is 5.90. The van der Waals surface area contributed by atoms with Crippen LogP contribution in [-0.2, 0) is 6.54 Å². The minimum Gasteiger partial charge on any atom is -0.332 e. The molecule has 1 heterocycles. The summed E-state index contributed by atoms with van der Waals surface area (Å²) in [5.74, 6) is 0.0268. The molecule has 0 aliphatic rings. The van der Waals surface area contributed by atoms with E-state index in [-0.39, 0.29) is 11.9 Å². The first kappa shape index (κ1) is 15.9. The third-order valence-corrected chi connectivity index (χ3v) is 3.88. The maximum atomic E-state index is 12.9. The zero-order valence-electron chi connectivity index (χ0n) is 13.8. The molecule has 0 spiro atoms.